The van der Waals surface area contributed by atoms with Crippen LogP contribution < -0.4 is 10.2 Å². The Morgan fingerprint density at radius 3 is 2.56 bits per heavy atom. The Kier molecular flexibility index (Phi) is 6.71. The van der Waals surface area contributed by atoms with Crippen molar-refractivity contribution in [3.05, 3.63) is 76.4 Å². The molecule has 1 saturated heterocycles. The maximum atomic E-state index is 14.3. The van der Waals surface area contributed by atoms with Crippen molar-refractivity contribution in [1.82, 2.24) is 20.1 Å². The Morgan fingerprint density at radius 2 is 1.90 bits per heavy atom. The molecule has 6 rings (SSSR count). The zero-order valence-corrected chi connectivity index (χ0v) is 22.9. The monoisotopic (exact) mass is 573 g/mol. The first kappa shape index (κ1) is 27.8. The number of rotatable bonds is 6. The van der Waals surface area contributed by atoms with Crippen molar-refractivity contribution in [2.24, 2.45) is 7.05 Å². The maximum Gasteiger partial charge on any atom is 0.416 e. The van der Waals surface area contributed by atoms with Crippen LogP contribution in [0.2, 0.25) is 0 Å². The number of hydrogen-bond acceptors (Lipinski definition) is 4. The Labute approximate surface area is 234 Å². The molecule has 1 saturated carbocycles. The zero-order valence-electron chi connectivity index (χ0n) is 22.9. The van der Waals surface area contributed by atoms with Crippen LogP contribution >= 0.6 is 0 Å². The highest BCUT2D eigenvalue weighted by Crippen LogP contribution is 2.55. The number of carbonyl (C=O) groups excluding carboxylic acids is 1. The van der Waals surface area contributed by atoms with Gasteiger partial charge in [0.05, 0.1) is 12.1 Å². The fourth-order valence-electron chi connectivity index (χ4n) is 6.84. The number of halogens is 5. The Balaban J connectivity index is 1.35. The fraction of sp³-hybridized carbons (Fsp3) is 0.500. The van der Waals surface area contributed by atoms with Gasteiger partial charge in [-0.25, -0.2) is 8.78 Å². The van der Waals surface area contributed by atoms with Gasteiger partial charge in [-0.3, -0.25) is 4.79 Å². The summed E-state index contributed by atoms with van der Waals surface area (Å²) in [6, 6.07) is 9.47. The van der Waals surface area contributed by atoms with Crippen molar-refractivity contribution in [3.63, 3.8) is 0 Å². The second kappa shape index (κ2) is 9.89. The van der Waals surface area contributed by atoms with Crippen LogP contribution in [0, 0.1) is 0 Å². The third-order valence-electron chi connectivity index (χ3n) is 9.01. The van der Waals surface area contributed by atoms with Gasteiger partial charge in [-0.15, -0.1) is 10.2 Å². The molecule has 41 heavy (non-hydrogen) atoms. The highest BCUT2D eigenvalue weighted by Gasteiger charge is 2.57. The van der Waals surface area contributed by atoms with Crippen molar-refractivity contribution in [1.29, 1.82) is 0 Å². The molecule has 0 bridgehead atoms. The first-order valence-electron chi connectivity index (χ1n) is 14.0. The Morgan fingerprint density at radius 1 is 1.12 bits per heavy atom. The van der Waals surface area contributed by atoms with Crippen molar-refractivity contribution >= 4 is 11.6 Å². The quantitative estimate of drug-likeness (QED) is 0.342. The molecular weight excluding hydrogens is 541 g/mol. The van der Waals surface area contributed by atoms with Gasteiger partial charge in [0.1, 0.15) is 12.2 Å². The number of piperidine rings is 1. The molecule has 1 aliphatic carbocycles. The lowest BCUT2D eigenvalue weighted by Crippen LogP contribution is -2.51. The van der Waals surface area contributed by atoms with E-state index in [0.29, 0.717) is 29.1 Å². The summed E-state index contributed by atoms with van der Waals surface area (Å²) in [5.41, 5.74) is -0.280. The molecule has 2 fully saturated rings. The number of nitrogens with one attached hydrogen (secondary N) is 1. The lowest BCUT2D eigenvalue weighted by atomic mass is 9.60. The number of fused-ring (bicyclic) bond motifs is 1. The van der Waals surface area contributed by atoms with E-state index in [1.807, 2.05) is 6.92 Å². The number of carbonyl (C=O) groups is 1. The molecule has 3 aromatic rings. The summed E-state index contributed by atoms with van der Waals surface area (Å²) < 4.78 is 73.2. The molecule has 6 nitrogen and oxygen atoms in total. The summed E-state index contributed by atoms with van der Waals surface area (Å²) in [5.74, 6) is -2.80. The third-order valence-corrected chi connectivity index (χ3v) is 9.01. The first-order chi connectivity index (χ1) is 19.4. The number of amides is 1. The van der Waals surface area contributed by atoms with Crippen molar-refractivity contribution in [2.75, 3.05) is 4.90 Å². The van der Waals surface area contributed by atoms with Crippen LogP contribution in [0.15, 0.2) is 42.7 Å². The largest absolute Gasteiger partial charge is 0.416 e. The molecule has 2 unspecified atom stereocenters. The summed E-state index contributed by atoms with van der Waals surface area (Å²) >= 11 is 0. The molecule has 1 aromatic heterocycles. The van der Waals surface area contributed by atoms with E-state index in [1.165, 1.54) is 17.3 Å². The van der Waals surface area contributed by atoms with Gasteiger partial charge >= 0.3 is 6.18 Å². The number of benzene rings is 2. The van der Waals surface area contributed by atoms with Gasteiger partial charge in [-0.1, -0.05) is 25.5 Å². The molecule has 1 N–H and O–H groups in total. The van der Waals surface area contributed by atoms with Gasteiger partial charge in [0.2, 0.25) is 5.92 Å². The molecule has 1 amide bonds. The molecule has 0 radical (unpaired) electrons. The molecule has 2 atom stereocenters. The molecular formula is C30H32F5N5O. The van der Waals surface area contributed by atoms with Crippen LogP contribution in [0.4, 0.5) is 27.6 Å². The van der Waals surface area contributed by atoms with Gasteiger partial charge in [-0.05, 0) is 60.2 Å². The van der Waals surface area contributed by atoms with Gasteiger partial charge in [0.25, 0.3) is 5.91 Å². The fourth-order valence-corrected chi connectivity index (χ4v) is 6.84. The predicted octanol–water partition coefficient (Wildman–Crippen LogP) is 6.50. The highest BCUT2D eigenvalue weighted by molar-refractivity contribution is 6.10. The van der Waals surface area contributed by atoms with E-state index in [-0.39, 0.29) is 49.0 Å². The van der Waals surface area contributed by atoms with Crippen LogP contribution in [-0.4, -0.2) is 32.6 Å². The van der Waals surface area contributed by atoms with Crippen LogP contribution in [0.1, 0.15) is 89.9 Å². The number of alkyl halides is 5. The number of aryl methyl sites for hydroxylation is 1. The van der Waals surface area contributed by atoms with E-state index < -0.39 is 29.0 Å². The molecule has 11 heteroatoms. The van der Waals surface area contributed by atoms with Crippen LogP contribution in [0.5, 0.6) is 0 Å². The average Bonchev–Trinajstić information content (AvgIpc) is 3.48. The summed E-state index contributed by atoms with van der Waals surface area (Å²) in [7, 11) is 1.74. The van der Waals surface area contributed by atoms with E-state index in [2.05, 4.69) is 15.5 Å². The molecule has 0 spiro atoms. The lowest BCUT2D eigenvalue weighted by molar-refractivity contribution is -0.138. The van der Waals surface area contributed by atoms with Crippen molar-refractivity contribution < 1.29 is 26.7 Å². The summed E-state index contributed by atoms with van der Waals surface area (Å²) in [5, 5.41) is 11.4. The summed E-state index contributed by atoms with van der Waals surface area (Å²) in [6.45, 7) is 1.80. The second-order valence-corrected chi connectivity index (χ2v) is 11.8. The van der Waals surface area contributed by atoms with Crippen LogP contribution in [0.25, 0.3) is 0 Å². The predicted molar refractivity (Wildman–Crippen MR) is 143 cm³/mol. The second-order valence-electron chi connectivity index (χ2n) is 11.8. The van der Waals surface area contributed by atoms with E-state index in [0.717, 1.165) is 19.3 Å². The first-order valence-corrected chi connectivity index (χ1v) is 14.0. The van der Waals surface area contributed by atoms with Gasteiger partial charge in [0, 0.05) is 55.1 Å². The molecule has 2 aliphatic heterocycles. The number of anilines is 1. The Hall–Kier alpha value is -3.34. The topological polar surface area (TPSA) is 63.1 Å². The summed E-state index contributed by atoms with van der Waals surface area (Å²) in [4.78, 5) is 15.0. The van der Waals surface area contributed by atoms with Crippen LogP contribution in [-0.2, 0) is 31.6 Å². The highest BCUT2D eigenvalue weighted by atomic mass is 19.4. The molecule has 218 valence electrons. The van der Waals surface area contributed by atoms with Crippen molar-refractivity contribution in [2.45, 2.75) is 88.0 Å². The zero-order chi connectivity index (χ0) is 29.2. The molecule has 2 aromatic carbocycles. The lowest BCUT2D eigenvalue weighted by Gasteiger charge is -2.48. The third kappa shape index (κ3) is 5.02. The van der Waals surface area contributed by atoms with E-state index in [9.17, 15) is 26.7 Å². The smallest absolute Gasteiger partial charge is 0.321 e. The van der Waals surface area contributed by atoms with E-state index >= 15 is 0 Å². The number of nitrogens with zero attached hydrogens (tertiary/aromatic N) is 4. The van der Waals surface area contributed by atoms with E-state index in [4.69, 9.17) is 0 Å². The minimum atomic E-state index is -4.63. The summed E-state index contributed by atoms with van der Waals surface area (Å²) in [6.07, 6.45) is -0.230. The van der Waals surface area contributed by atoms with Gasteiger partial charge in [0.15, 0.2) is 0 Å². The average molecular weight is 574 g/mol. The SMILES string of the molecule is CCC1CCCC(c2cc3c(c(C(F)(F)F)c2)CN(c2cccc(C4(Cc5nncn5C)CC(F)(F)C4)c2)C3=O)N1. The van der Waals surface area contributed by atoms with Crippen molar-refractivity contribution in [3.8, 4) is 0 Å². The number of aromatic nitrogens is 3. The molecule has 3 heterocycles. The van der Waals surface area contributed by atoms with E-state index in [1.54, 1.807) is 41.9 Å². The number of hydrogen-bond donors (Lipinski definition) is 1. The normalized spacial score (nSPS) is 23.4. The minimum absolute atomic E-state index is 0.0459. The molecule has 3 aliphatic rings. The van der Waals surface area contributed by atoms with Crippen LogP contribution in [0.3, 0.4) is 0 Å². The Bertz CT molecular complexity index is 1470. The minimum Gasteiger partial charge on any atom is -0.321 e. The standard InChI is InChI=1S/C30H32F5N5O/c1-3-20-7-5-9-25(37-20)18-10-22-23(24(11-18)30(33,34)35)14-40(27(22)41)21-8-4-6-19(12-21)28(15-29(31,32)16-28)13-26-38-36-17-39(26)2/h4,6,8,10-12,17,20,25,37H,3,5,7,9,13-16H2,1-2H3. The van der Waals surface area contributed by atoms with Gasteiger partial charge < -0.3 is 14.8 Å². The van der Waals surface area contributed by atoms with Gasteiger partial charge in [-0.2, -0.15) is 13.2 Å². The maximum absolute atomic E-state index is 14.3.